The van der Waals surface area contributed by atoms with Crippen molar-refractivity contribution in [2.75, 3.05) is 26.2 Å². The number of hydrogen-bond donors (Lipinski definition) is 3. The molecule has 0 bridgehead atoms. The van der Waals surface area contributed by atoms with Crippen LogP contribution in [0.15, 0.2) is 30.3 Å². The lowest BCUT2D eigenvalue weighted by molar-refractivity contribution is 0.0535. The Labute approximate surface area is 157 Å². The van der Waals surface area contributed by atoms with E-state index >= 15 is 0 Å². The second-order valence-corrected chi connectivity index (χ2v) is 6.75. The maximum atomic E-state index is 12.7. The van der Waals surface area contributed by atoms with Crippen LogP contribution in [0.4, 0.5) is 0 Å². The van der Waals surface area contributed by atoms with Gasteiger partial charge in [-0.15, -0.1) is 0 Å². The van der Waals surface area contributed by atoms with Crippen molar-refractivity contribution in [1.29, 1.82) is 0 Å². The number of phenolic OH excluding ortho intramolecular Hbond substituents is 3. The lowest BCUT2D eigenvalue weighted by atomic mass is 10.1. The number of carbonyl (C=O) groups is 2. The maximum Gasteiger partial charge on any atom is 0.254 e. The summed E-state index contributed by atoms with van der Waals surface area (Å²) in [6.07, 6.45) is 0. The largest absolute Gasteiger partial charge is 0.504 e. The van der Waals surface area contributed by atoms with Crippen LogP contribution in [0.1, 0.15) is 31.8 Å². The van der Waals surface area contributed by atoms with Gasteiger partial charge in [0.25, 0.3) is 11.8 Å². The highest BCUT2D eigenvalue weighted by Crippen LogP contribution is 2.35. The molecule has 1 heterocycles. The minimum Gasteiger partial charge on any atom is -0.504 e. The zero-order valence-electron chi connectivity index (χ0n) is 15.3. The van der Waals surface area contributed by atoms with Gasteiger partial charge in [0, 0.05) is 37.3 Å². The summed E-state index contributed by atoms with van der Waals surface area (Å²) in [5.74, 6) is -2.21. The van der Waals surface area contributed by atoms with E-state index < -0.39 is 17.2 Å². The molecule has 0 aromatic heterocycles. The molecular weight excluding hydrogens is 348 g/mol. The summed E-state index contributed by atoms with van der Waals surface area (Å²) in [6.45, 7) is 5.44. The van der Waals surface area contributed by atoms with Gasteiger partial charge in [-0.25, -0.2) is 0 Å². The van der Waals surface area contributed by atoms with Gasteiger partial charge in [0.15, 0.2) is 17.2 Å². The Bertz CT molecular complexity index is 878. The molecule has 2 aromatic carbocycles. The lowest BCUT2D eigenvalue weighted by Gasteiger charge is -2.35. The monoisotopic (exact) mass is 370 g/mol. The SMILES string of the molecule is Cc1ccc(C(=O)N2CCN(C(=O)c3cc(O)c(O)c(O)c3)CC2)cc1C. The average molecular weight is 370 g/mol. The van der Waals surface area contributed by atoms with Gasteiger partial charge in [-0.3, -0.25) is 9.59 Å². The second-order valence-electron chi connectivity index (χ2n) is 6.75. The first kappa shape index (κ1) is 18.6. The number of aromatic hydroxyl groups is 3. The Hall–Kier alpha value is -3.22. The fourth-order valence-electron chi connectivity index (χ4n) is 3.08. The molecule has 1 aliphatic heterocycles. The first-order chi connectivity index (χ1) is 12.8. The van der Waals surface area contributed by atoms with E-state index in [0.29, 0.717) is 31.7 Å². The summed E-state index contributed by atoms with van der Waals surface area (Å²) in [4.78, 5) is 28.5. The van der Waals surface area contributed by atoms with Crippen molar-refractivity contribution in [2.45, 2.75) is 13.8 Å². The van der Waals surface area contributed by atoms with Crippen LogP contribution in [-0.2, 0) is 0 Å². The van der Waals surface area contributed by atoms with Gasteiger partial charge in [0.2, 0.25) is 0 Å². The van der Waals surface area contributed by atoms with E-state index in [1.807, 2.05) is 32.0 Å². The van der Waals surface area contributed by atoms with Crippen LogP contribution in [0.5, 0.6) is 17.2 Å². The smallest absolute Gasteiger partial charge is 0.254 e. The summed E-state index contributed by atoms with van der Waals surface area (Å²) in [6, 6.07) is 7.83. The Morgan fingerprint density at radius 3 is 1.70 bits per heavy atom. The molecule has 7 heteroatoms. The zero-order chi connectivity index (χ0) is 19.7. The van der Waals surface area contributed by atoms with Crippen molar-refractivity contribution in [3.63, 3.8) is 0 Å². The maximum absolute atomic E-state index is 12.7. The molecule has 142 valence electrons. The summed E-state index contributed by atoms with van der Waals surface area (Å²) in [7, 11) is 0. The number of aryl methyl sites for hydroxylation is 2. The van der Waals surface area contributed by atoms with Gasteiger partial charge in [-0.1, -0.05) is 6.07 Å². The molecule has 0 unspecified atom stereocenters. The van der Waals surface area contributed by atoms with Crippen LogP contribution in [0, 0.1) is 13.8 Å². The number of nitrogens with zero attached hydrogens (tertiary/aromatic N) is 2. The Kier molecular flexibility index (Phi) is 4.94. The number of hydrogen-bond acceptors (Lipinski definition) is 5. The fourth-order valence-corrected chi connectivity index (χ4v) is 3.08. The Morgan fingerprint density at radius 2 is 1.22 bits per heavy atom. The number of phenols is 3. The lowest BCUT2D eigenvalue weighted by Crippen LogP contribution is -2.50. The van der Waals surface area contributed by atoms with Gasteiger partial charge in [0.1, 0.15) is 0 Å². The van der Waals surface area contributed by atoms with Gasteiger partial charge in [0.05, 0.1) is 0 Å². The number of rotatable bonds is 2. The van der Waals surface area contributed by atoms with Gasteiger partial charge in [-0.2, -0.15) is 0 Å². The molecule has 2 aromatic rings. The molecule has 0 spiro atoms. The van der Waals surface area contributed by atoms with Crippen molar-refractivity contribution < 1.29 is 24.9 Å². The van der Waals surface area contributed by atoms with Crippen molar-refractivity contribution in [3.8, 4) is 17.2 Å². The third-order valence-electron chi connectivity index (χ3n) is 4.92. The Balaban J connectivity index is 1.67. The van der Waals surface area contributed by atoms with Crippen LogP contribution >= 0.6 is 0 Å². The van der Waals surface area contributed by atoms with Crippen molar-refractivity contribution in [2.24, 2.45) is 0 Å². The predicted octanol–water partition coefficient (Wildman–Crippen LogP) is 2.02. The van der Waals surface area contributed by atoms with Crippen molar-refractivity contribution >= 4 is 11.8 Å². The second kappa shape index (κ2) is 7.19. The third-order valence-corrected chi connectivity index (χ3v) is 4.92. The molecule has 0 saturated carbocycles. The molecule has 1 saturated heterocycles. The molecule has 0 atom stereocenters. The number of benzene rings is 2. The summed E-state index contributed by atoms with van der Waals surface area (Å²) < 4.78 is 0. The average Bonchev–Trinajstić information content (AvgIpc) is 2.67. The van der Waals surface area contributed by atoms with E-state index in [4.69, 9.17) is 0 Å². The molecule has 0 aliphatic carbocycles. The highest BCUT2D eigenvalue weighted by Gasteiger charge is 2.26. The van der Waals surface area contributed by atoms with Crippen LogP contribution in [0.3, 0.4) is 0 Å². The van der Waals surface area contributed by atoms with Crippen LogP contribution in [0.2, 0.25) is 0 Å². The first-order valence-corrected chi connectivity index (χ1v) is 8.68. The zero-order valence-corrected chi connectivity index (χ0v) is 15.3. The minimum absolute atomic E-state index is 0.0647. The molecule has 27 heavy (non-hydrogen) atoms. The van der Waals surface area contributed by atoms with E-state index in [1.54, 1.807) is 9.80 Å². The molecule has 1 aliphatic rings. The normalized spacial score (nSPS) is 14.3. The standard InChI is InChI=1S/C20H22N2O5/c1-12-3-4-14(9-13(12)2)19(26)21-5-7-22(8-6-21)20(27)15-10-16(23)18(25)17(24)11-15/h3-4,9-11,23-25H,5-8H2,1-2H3. The van der Waals surface area contributed by atoms with Crippen LogP contribution in [0.25, 0.3) is 0 Å². The van der Waals surface area contributed by atoms with E-state index in [-0.39, 0.29) is 17.4 Å². The highest BCUT2D eigenvalue weighted by molar-refractivity contribution is 5.97. The Morgan fingerprint density at radius 1 is 0.741 bits per heavy atom. The van der Waals surface area contributed by atoms with Gasteiger partial charge >= 0.3 is 0 Å². The number of carbonyl (C=O) groups excluding carboxylic acids is 2. The van der Waals surface area contributed by atoms with Gasteiger partial charge in [-0.05, 0) is 49.2 Å². The summed E-state index contributed by atoms with van der Waals surface area (Å²) in [5, 5.41) is 28.5. The van der Waals surface area contributed by atoms with Crippen molar-refractivity contribution in [1.82, 2.24) is 9.80 Å². The number of amides is 2. The molecule has 7 nitrogen and oxygen atoms in total. The van der Waals surface area contributed by atoms with E-state index in [0.717, 1.165) is 23.3 Å². The molecule has 1 fully saturated rings. The summed E-state index contributed by atoms with van der Waals surface area (Å²) >= 11 is 0. The van der Waals surface area contributed by atoms with Crippen molar-refractivity contribution in [3.05, 3.63) is 52.6 Å². The quantitative estimate of drug-likeness (QED) is 0.702. The summed E-state index contributed by atoms with van der Waals surface area (Å²) in [5.41, 5.74) is 2.90. The molecule has 0 radical (unpaired) electrons. The van der Waals surface area contributed by atoms with E-state index in [1.165, 1.54) is 0 Å². The van der Waals surface area contributed by atoms with E-state index in [2.05, 4.69) is 0 Å². The molecule has 3 N–H and O–H groups in total. The highest BCUT2D eigenvalue weighted by atomic mass is 16.3. The predicted molar refractivity (Wildman–Crippen MR) is 99.2 cm³/mol. The fraction of sp³-hybridized carbons (Fsp3) is 0.300. The van der Waals surface area contributed by atoms with Crippen LogP contribution < -0.4 is 0 Å². The number of piperazine rings is 1. The third kappa shape index (κ3) is 3.67. The van der Waals surface area contributed by atoms with Crippen LogP contribution in [-0.4, -0.2) is 63.1 Å². The minimum atomic E-state index is -0.657. The van der Waals surface area contributed by atoms with Gasteiger partial charge < -0.3 is 25.1 Å². The first-order valence-electron chi connectivity index (χ1n) is 8.68. The molecule has 2 amide bonds. The molecule has 3 rings (SSSR count). The van der Waals surface area contributed by atoms with E-state index in [9.17, 15) is 24.9 Å². The molecular formula is C20H22N2O5. The topological polar surface area (TPSA) is 101 Å².